The van der Waals surface area contributed by atoms with Crippen LogP contribution in [-0.4, -0.2) is 33.8 Å². The summed E-state index contributed by atoms with van der Waals surface area (Å²) in [6.45, 7) is 5.15. The van der Waals surface area contributed by atoms with E-state index in [-0.39, 0.29) is 18.1 Å². The number of carbonyl (C=O) groups excluding carboxylic acids is 1. The molecule has 0 saturated carbocycles. The highest BCUT2D eigenvalue weighted by atomic mass is 16.5. The summed E-state index contributed by atoms with van der Waals surface area (Å²) < 4.78 is 27.0. The van der Waals surface area contributed by atoms with Gasteiger partial charge in [-0.05, 0) is 38.5 Å². The summed E-state index contributed by atoms with van der Waals surface area (Å²) in [7, 11) is 4.50. The number of rotatable bonds is 7. The van der Waals surface area contributed by atoms with Crippen molar-refractivity contribution in [2.45, 2.75) is 20.8 Å². The van der Waals surface area contributed by atoms with E-state index in [9.17, 15) is 9.59 Å². The van der Waals surface area contributed by atoms with Crippen molar-refractivity contribution in [3.05, 3.63) is 51.4 Å². The molecule has 2 aromatic carbocycles. The third kappa shape index (κ3) is 4.28. The third-order valence-electron chi connectivity index (χ3n) is 5.13. The van der Waals surface area contributed by atoms with Crippen molar-refractivity contribution >= 4 is 22.6 Å². The highest BCUT2D eigenvalue weighted by molar-refractivity contribution is 5.93. The molecule has 1 aromatic heterocycles. The standard InChI is InChI=1S/C23H25NO7/c1-12-13(2)23(26)31-21-14(3)17(8-7-16(12)21)30-11-20(25)24-15-9-18(27-4)22(29-6)19(10-15)28-5/h7-10H,11H2,1-6H3,(H,24,25). The molecule has 164 valence electrons. The van der Waals surface area contributed by atoms with Gasteiger partial charge >= 0.3 is 5.63 Å². The van der Waals surface area contributed by atoms with Gasteiger partial charge in [0.2, 0.25) is 5.75 Å². The predicted molar refractivity (Wildman–Crippen MR) is 117 cm³/mol. The number of fused-ring (bicyclic) bond motifs is 1. The van der Waals surface area contributed by atoms with E-state index in [1.54, 1.807) is 32.0 Å². The molecular formula is C23H25NO7. The van der Waals surface area contributed by atoms with Crippen LogP contribution in [0.15, 0.2) is 33.5 Å². The molecule has 0 radical (unpaired) electrons. The van der Waals surface area contributed by atoms with Crippen molar-refractivity contribution in [2.24, 2.45) is 0 Å². The lowest BCUT2D eigenvalue weighted by Crippen LogP contribution is -2.20. The molecule has 31 heavy (non-hydrogen) atoms. The van der Waals surface area contributed by atoms with Crippen LogP contribution in [0.2, 0.25) is 0 Å². The Morgan fingerprint density at radius 1 is 0.903 bits per heavy atom. The fourth-order valence-corrected chi connectivity index (χ4v) is 3.27. The third-order valence-corrected chi connectivity index (χ3v) is 5.13. The quantitative estimate of drug-likeness (QED) is 0.574. The number of hydrogen-bond donors (Lipinski definition) is 1. The lowest BCUT2D eigenvalue weighted by Gasteiger charge is -2.15. The van der Waals surface area contributed by atoms with Crippen LogP contribution in [0.3, 0.4) is 0 Å². The molecule has 3 rings (SSSR count). The van der Waals surface area contributed by atoms with Crippen molar-refractivity contribution in [2.75, 3.05) is 33.3 Å². The summed E-state index contributed by atoms with van der Waals surface area (Å²) in [6, 6.07) is 6.83. The molecule has 0 aliphatic heterocycles. The van der Waals surface area contributed by atoms with Crippen LogP contribution < -0.4 is 29.9 Å². The van der Waals surface area contributed by atoms with E-state index in [0.29, 0.717) is 45.4 Å². The zero-order valence-corrected chi connectivity index (χ0v) is 18.4. The minimum absolute atomic E-state index is 0.238. The molecule has 0 fully saturated rings. The zero-order chi connectivity index (χ0) is 22.7. The van der Waals surface area contributed by atoms with Gasteiger partial charge in [-0.1, -0.05) is 0 Å². The first-order valence-electron chi connectivity index (χ1n) is 9.57. The first-order valence-corrected chi connectivity index (χ1v) is 9.57. The summed E-state index contributed by atoms with van der Waals surface area (Å²) in [6.07, 6.45) is 0. The van der Waals surface area contributed by atoms with Gasteiger partial charge in [0.1, 0.15) is 11.3 Å². The van der Waals surface area contributed by atoms with Crippen molar-refractivity contribution in [3.8, 4) is 23.0 Å². The van der Waals surface area contributed by atoms with Crippen molar-refractivity contribution in [1.29, 1.82) is 0 Å². The Kier molecular flexibility index (Phi) is 6.39. The number of benzene rings is 2. The molecule has 8 nitrogen and oxygen atoms in total. The molecule has 0 saturated heterocycles. The van der Waals surface area contributed by atoms with Crippen LogP contribution >= 0.6 is 0 Å². The largest absolute Gasteiger partial charge is 0.493 e. The molecule has 1 amide bonds. The van der Waals surface area contributed by atoms with Crippen LogP contribution in [0.1, 0.15) is 16.7 Å². The number of ether oxygens (including phenoxy) is 4. The van der Waals surface area contributed by atoms with E-state index in [2.05, 4.69) is 5.32 Å². The Bertz CT molecular complexity index is 1170. The van der Waals surface area contributed by atoms with E-state index in [4.69, 9.17) is 23.4 Å². The molecule has 0 aliphatic rings. The number of carbonyl (C=O) groups is 1. The number of amides is 1. The monoisotopic (exact) mass is 427 g/mol. The van der Waals surface area contributed by atoms with E-state index in [0.717, 1.165) is 10.9 Å². The number of aryl methyl sites for hydroxylation is 2. The van der Waals surface area contributed by atoms with Crippen LogP contribution in [0.4, 0.5) is 5.69 Å². The van der Waals surface area contributed by atoms with Gasteiger partial charge in [-0.15, -0.1) is 0 Å². The minimum atomic E-state index is -0.384. The normalized spacial score (nSPS) is 10.6. The van der Waals surface area contributed by atoms with Gasteiger partial charge in [-0.3, -0.25) is 4.79 Å². The lowest BCUT2D eigenvalue weighted by atomic mass is 10.0. The summed E-state index contributed by atoms with van der Waals surface area (Å²) in [4.78, 5) is 24.5. The van der Waals surface area contributed by atoms with E-state index >= 15 is 0 Å². The molecule has 1 N–H and O–H groups in total. The molecule has 0 spiro atoms. The van der Waals surface area contributed by atoms with Crippen LogP contribution in [0.5, 0.6) is 23.0 Å². The molecule has 3 aromatic rings. The maximum Gasteiger partial charge on any atom is 0.339 e. The fourth-order valence-electron chi connectivity index (χ4n) is 3.27. The second-order valence-corrected chi connectivity index (χ2v) is 6.96. The van der Waals surface area contributed by atoms with Gasteiger partial charge in [0.05, 0.1) is 21.3 Å². The predicted octanol–water partition coefficient (Wildman–Crippen LogP) is 3.76. The molecule has 8 heteroatoms. The minimum Gasteiger partial charge on any atom is -0.493 e. The Morgan fingerprint density at radius 2 is 1.55 bits per heavy atom. The van der Waals surface area contributed by atoms with E-state index < -0.39 is 0 Å². The number of hydrogen-bond acceptors (Lipinski definition) is 7. The summed E-state index contributed by atoms with van der Waals surface area (Å²) in [5, 5.41) is 3.58. The Labute approximate surface area is 179 Å². The first-order chi connectivity index (χ1) is 14.8. The van der Waals surface area contributed by atoms with Crippen molar-refractivity contribution in [3.63, 3.8) is 0 Å². The molecule has 0 unspecified atom stereocenters. The Morgan fingerprint density at radius 3 is 2.13 bits per heavy atom. The topological polar surface area (TPSA) is 96.2 Å². The average Bonchev–Trinajstić information content (AvgIpc) is 2.76. The van der Waals surface area contributed by atoms with Crippen molar-refractivity contribution < 1.29 is 28.2 Å². The maximum absolute atomic E-state index is 12.4. The van der Waals surface area contributed by atoms with Crippen LogP contribution in [0.25, 0.3) is 11.0 Å². The highest BCUT2D eigenvalue weighted by Crippen LogP contribution is 2.40. The SMILES string of the molecule is COc1cc(NC(=O)COc2ccc3c(C)c(C)c(=O)oc3c2C)cc(OC)c1OC. The summed E-state index contributed by atoms with van der Waals surface area (Å²) in [5.74, 6) is 1.35. The molecule has 0 bridgehead atoms. The Hall–Kier alpha value is -3.68. The molecule has 0 atom stereocenters. The number of nitrogens with one attached hydrogen (secondary N) is 1. The van der Waals surface area contributed by atoms with E-state index in [1.165, 1.54) is 21.3 Å². The lowest BCUT2D eigenvalue weighted by molar-refractivity contribution is -0.118. The van der Waals surface area contributed by atoms with E-state index in [1.807, 2.05) is 13.0 Å². The Balaban J connectivity index is 1.78. The van der Waals surface area contributed by atoms with Gasteiger partial charge in [-0.2, -0.15) is 0 Å². The van der Waals surface area contributed by atoms with Gasteiger partial charge in [0, 0.05) is 34.3 Å². The van der Waals surface area contributed by atoms with Gasteiger partial charge < -0.3 is 28.7 Å². The average molecular weight is 427 g/mol. The summed E-state index contributed by atoms with van der Waals surface area (Å²) in [5.41, 5.74) is 2.63. The molecule has 1 heterocycles. The van der Waals surface area contributed by atoms with Crippen LogP contribution in [0, 0.1) is 20.8 Å². The first kappa shape index (κ1) is 22.0. The maximum atomic E-state index is 12.4. The fraction of sp³-hybridized carbons (Fsp3) is 0.304. The number of anilines is 1. The molecular weight excluding hydrogens is 402 g/mol. The van der Waals surface area contributed by atoms with Crippen molar-refractivity contribution in [1.82, 2.24) is 0 Å². The molecule has 0 aliphatic carbocycles. The van der Waals surface area contributed by atoms with Crippen LogP contribution in [-0.2, 0) is 4.79 Å². The van der Waals surface area contributed by atoms with Gasteiger partial charge in [-0.25, -0.2) is 4.79 Å². The van der Waals surface area contributed by atoms with Gasteiger partial charge in [0.15, 0.2) is 18.1 Å². The smallest absolute Gasteiger partial charge is 0.339 e. The van der Waals surface area contributed by atoms with Gasteiger partial charge in [0.25, 0.3) is 5.91 Å². The highest BCUT2D eigenvalue weighted by Gasteiger charge is 2.16. The zero-order valence-electron chi connectivity index (χ0n) is 18.4. The second-order valence-electron chi connectivity index (χ2n) is 6.96. The summed E-state index contributed by atoms with van der Waals surface area (Å²) >= 11 is 0. The second kappa shape index (κ2) is 8.99. The number of methoxy groups -OCH3 is 3.